The van der Waals surface area contributed by atoms with Gasteiger partial charge in [-0.3, -0.25) is 19.5 Å². The Morgan fingerprint density at radius 1 is 0.971 bits per heavy atom. The minimum Gasteiger partial charge on any atom is -0.372 e. The molecule has 1 unspecified atom stereocenters. The summed E-state index contributed by atoms with van der Waals surface area (Å²) in [5.74, 6) is -0.245. The number of fused-ring (bicyclic) bond motifs is 1. The maximum absolute atomic E-state index is 13.4. The van der Waals surface area contributed by atoms with Crippen molar-refractivity contribution in [2.24, 2.45) is 0 Å². The Morgan fingerprint density at radius 2 is 1.69 bits per heavy atom. The van der Waals surface area contributed by atoms with Gasteiger partial charge in [-0.1, -0.05) is 43.3 Å². The highest BCUT2D eigenvalue weighted by atomic mass is 16.2. The summed E-state index contributed by atoms with van der Waals surface area (Å²) in [6, 6.07) is 19.8. The summed E-state index contributed by atoms with van der Waals surface area (Å²) in [4.78, 5) is 44.0. The van der Waals surface area contributed by atoms with Crippen molar-refractivity contribution in [1.82, 2.24) is 20.1 Å². The summed E-state index contributed by atoms with van der Waals surface area (Å²) in [5, 5.41) is 12.0. The minimum atomic E-state index is -0.774. The number of aromatic amines is 1. The number of H-pyrrole nitrogens is 1. The number of ketones is 2. The molecule has 35 heavy (non-hydrogen) atoms. The van der Waals surface area contributed by atoms with E-state index in [-0.39, 0.29) is 23.9 Å². The van der Waals surface area contributed by atoms with Crippen LogP contribution in [0.25, 0.3) is 10.8 Å². The Bertz CT molecular complexity index is 1380. The number of anilines is 1. The van der Waals surface area contributed by atoms with Crippen molar-refractivity contribution in [3.8, 4) is 0 Å². The number of carbonyl (C=O) groups is 3. The molecule has 1 heterocycles. The normalized spacial score (nSPS) is 11.7. The highest BCUT2D eigenvalue weighted by Gasteiger charge is 2.25. The number of hydrogen-bond acceptors (Lipinski definition) is 6. The lowest BCUT2D eigenvalue weighted by Crippen LogP contribution is -2.24. The third kappa shape index (κ3) is 5.43. The number of nitrogens with zero attached hydrogens (tertiary/aromatic N) is 3. The first-order valence-corrected chi connectivity index (χ1v) is 11.4. The molecule has 2 N–H and O–H groups in total. The molecule has 0 aliphatic heterocycles. The van der Waals surface area contributed by atoms with Crippen LogP contribution in [0.4, 0.5) is 5.69 Å². The summed E-state index contributed by atoms with van der Waals surface area (Å²) >= 11 is 0. The molecule has 0 aliphatic carbocycles. The van der Waals surface area contributed by atoms with E-state index in [2.05, 4.69) is 20.5 Å². The summed E-state index contributed by atoms with van der Waals surface area (Å²) in [5.41, 5.74) is 1.94. The van der Waals surface area contributed by atoms with Gasteiger partial charge in [-0.15, -0.1) is 0 Å². The van der Waals surface area contributed by atoms with E-state index in [1.165, 1.54) is 4.90 Å². The molecule has 4 aromatic rings. The molecule has 0 radical (unpaired) electrons. The standard InChI is InChI=1S/C27H27N5O3/c1-4-24-29-26(31-30-24)23(34)16-22(33)25(20-10-9-17-7-5-6-8-19(17)15-20)28-21-13-11-18(12-14-21)27(35)32(2)3/h5-15,25,28H,4,16H2,1-3H3,(H,29,30,31). The van der Waals surface area contributed by atoms with Gasteiger partial charge in [0.1, 0.15) is 11.9 Å². The van der Waals surface area contributed by atoms with Crippen LogP contribution < -0.4 is 5.32 Å². The Labute approximate surface area is 203 Å². The molecule has 8 nitrogen and oxygen atoms in total. The van der Waals surface area contributed by atoms with Crippen molar-refractivity contribution < 1.29 is 14.4 Å². The third-order valence-electron chi connectivity index (χ3n) is 5.73. The lowest BCUT2D eigenvalue weighted by molar-refractivity contribution is -0.119. The summed E-state index contributed by atoms with van der Waals surface area (Å²) in [7, 11) is 3.38. The van der Waals surface area contributed by atoms with Gasteiger partial charge in [0, 0.05) is 31.8 Å². The zero-order valence-electron chi connectivity index (χ0n) is 19.9. The van der Waals surface area contributed by atoms with E-state index in [1.807, 2.05) is 49.4 Å². The van der Waals surface area contributed by atoms with Gasteiger partial charge in [0.2, 0.25) is 11.6 Å². The first kappa shape index (κ1) is 23.8. The number of carbonyl (C=O) groups excluding carboxylic acids is 3. The average Bonchev–Trinajstić information content (AvgIpc) is 3.36. The fraction of sp³-hybridized carbons (Fsp3) is 0.222. The molecule has 0 fully saturated rings. The van der Waals surface area contributed by atoms with Crippen LogP contribution in [0.3, 0.4) is 0 Å². The Kier molecular flexibility index (Phi) is 7.01. The van der Waals surface area contributed by atoms with Crippen molar-refractivity contribution in [2.45, 2.75) is 25.8 Å². The average molecular weight is 470 g/mol. The maximum Gasteiger partial charge on any atom is 0.253 e. The molecular formula is C27H27N5O3. The predicted molar refractivity (Wildman–Crippen MR) is 134 cm³/mol. The molecule has 3 aromatic carbocycles. The number of rotatable bonds is 9. The van der Waals surface area contributed by atoms with Crippen molar-refractivity contribution in [3.63, 3.8) is 0 Å². The molecule has 0 aliphatic rings. The monoisotopic (exact) mass is 469 g/mol. The van der Waals surface area contributed by atoms with Crippen LogP contribution >= 0.6 is 0 Å². The second kappa shape index (κ2) is 10.3. The van der Waals surface area contributed by atoms with Gasteiger partial charge < -0.3 is 10.2 Å². The molecule has 1 amide bonds. The maximum atomic E-state index is 13.4. The number of benzene rings is 3. The van der Waals surface area contributed by atoms with Gasteiger partial charge in [0.15, 0.2) is 5.78 Å². The molecule has 0 saturated carbocycles. The van der Waals surface area contributed by atoms with Gasteiger partial charge in [-0.05, 0) is 46.7 Å². The van der Waals surface area contributed by atoms with Gasteiger partial charge in [-0.2, -0.15) is 5.10 Å². The molecule has 178 valence electrons. The molecule has 8 heteroatoms. The van der Waals surface area contributed by atoms with Gasteiger partial charge in [0.05, 0.1) is 6.42 Å². The highest BCUT2D eigenvalue weighted by molar-refractivity contribution is 6.08. The molecule has 1 aromatic heterocycles. The van der Waals surface area contributed by atoms with Crippen LogP contribution in [0.2, 0.25) is 0 Å². The molecular weight excluding hydrogens is 442 g/mol. The summed E-state index contributed by atoms with van der Waals surface area (Å²) < 4.78 is 0. The fourth-order valence-corrected chi connectivity index (χ4v) is 3.79. The number of Topliss-reactive ketones (excluding diaryl/α,β-unsaturated/α-hetero) is 2. The van der Waals surface area contributed by atoms with E-state index in [0.717, 1.165) is 16.3 Å². The van der Waals surface area contributed by atoms with Gasteiger partial charge in [-0.25, -0.2) is 4.98 Å². The van der Waals surface area contributed by atoms with Crippen molar-refractivity contribution >= 4 is 33.9 Å². The van der Waals surface area contributed by atoms with Crippen LogP contribution in [0, 0.1) is 0 Å². The van der Waals surface area contributed by atoms with Crippen LogP contribution in [0.1, 0.15) is 51.8 Å². The lowest BCUT2D eigenvalue weighted by Gasteiger charge is -2.20. The Balaban J connectivity index is 1.62. The van der Waals surface area contributed by atoms with Gasteiger partial charge in [0.25, 0.3) is 5.91 Å². The van der Waals surface area contributed by atoms with Crippen LogP contribution in [-0.4, -0.2) is 51.7 Å². The number of amides is 1. The van der Waals surface area contributed by atoms with E-state index < -0.39 is 11.8 Å². The fourth-order valence-electron chi connectivity index (χ4n) is 3.79. The quantitative estimate of drug-likeness (QED) is 0.281. The van der Waals surface area contributed by atoms with E-state index in [0.29, 0.717) is 23.5 Å². The van der Waals surface area contributed by atoms with E-state index in [9.17, 15) is 14.4 Å². The van der Waals surface area contributed by atoms with Crippen molar-refractivity contribution in [3.05, 3.63) is 89.5 Å². The van der Waals surface area contributed by atoms with Crippen molar-refractivity contribution in [1.29, 1.82) is 0 Å². The second-order valence-electron chi connectivity index (χ2n) is 8.49. The summed E-state index contributed by atoms with van der Waals surface area (Å²) in [6.45, 7) is 1.90. The highest BCUT2D eigenvalue weighted by Crippen LogP contribution is 2.26. The van der Waals surface area contributed by atoms with E-state index in [4.69, 9.17) is 0 Å². The van der Waals surface area contributed by atoms with Gasteiger partial charge >= 0.3 is 0 Å². The molecule has 4 rings (SSSR count). The first-order valence-electron chi connectivity index (χ1n) is 11.4. The molecule has 0 spiro atoms. The lowest BCUT2D eigenvalue weighted by atomic mass is 9.96. The minimum absolute atomic E-state index is 0.0130. The second-order valence-corrected chi connectivity index (χ2v) is 8.49. The predicted octanol–water partition coefficient (Wildman–Crippen LogP) is 4.22. The zero-order chi connectivity index (χ0) is 24.9. The number of aryl methyl sites for hydroxylation is 1. The number of nitrogens with one attached hydrogen (secondary N) is 2. The van der Waals surface area contributed by atoms with Crippen LogP contribution in [0.5, 0.6) is 0 Å². The van der Waals surface area contributed by atoms with Crippen LogP contribution in [0.15, 0.2) is 66.7 Å². The van der Waals surface area contributed by atoms with Crippen LogP contribution in [-0.2, 0) is 11.2 Å². The van der Waals surface area contributed by atoms with Crippen molar-refractivity contribution in [2.75, 3.05) is 19.4 Å². The van der Waals surface area contributed by atoms with E-state index >= 15 is 0 Å². The SMILES string of the molecule is CCc1nc(C(=O)CC(=O)C(Nc2ccc(C(=O)N(C)C)cc2)c2ccc3ccccc3c2)n[nH]1. The third-order valence-corrected chi connectivity index (χ3v) is 5.73. The van der Waals surface area contributed by atoms with E-state index in [1.54, 1.807) is 38.4 Å². The molecule has 1 atom stereocenters. The number of aromatic nitrogens is 3. The first-order chi connectivity index (χ1) is 16.9. The molecule has 0 bridgehead atoms. The Hall–Kier alpha value is -4.33. The molecule has 0 saturated heterocycles. The smallest absolute Gasteiger partial charge is 0.253 e. The number of hydrogen-bond donors (Lipinski definition) is 2. The Morgan fingerprint density at radius 3 is 2.34 bits per heavy atom. The summed E-state index contributed by atoms with van der Waals surface area (Å²) in [6.07, 6.45) is 0.268. The topological polar surface area (TPSA) is 108 Å². The largest absolute Gasteiger partial charge is 0.372 e. The zero-order valence-corrected chi connectivity index (χ0v) is 19.9.